The fourth-order valence-corrected chi connectivity index (χ4v) is 2.57. The Morgan fingerprint density at radius 2 is 1.79 bits per heavy atom. The molecule has 2 aromatic carbocycles. The minimum Gasteiger partial charge on any atom is -0.402 e. The van der Waals surface area contributed by atoms with Crippen LogP contribution in [0.5, 0.6) is 0 Å². The average Bonchev–Trinajstić information content (AvgIpc) is 2.96. The molecule has 2 aromatic rings. The number of unbranched alkanes of at least 4 members (excludes halogenated alkanes) is 1. The number of nitrogens with zero attached hydrogens (tertiary/aromatic N) is 1. The van der Waals surface area contributed by atoms with Gasteiger partial charge in [0.15, 0.2) is 5.70 Å². The van der Waals surface area contributed by atoms with Crippen LogP contribution in [0, 0.1) is 0 Å². The van der Waals surface area contributed by atoms with Gasteiger partial charge in [-0.25, -0.2) is 9.79 Å². The Morgan fingerprint density at radius 1 is 1.08 bits per heavy atom. The summed E-state index contributed by atoms with van der Waals surface area (Å²) in [7, 11) is 0. The summed E-state index contributed by atoms with van der Waals surface area (Å²) in [6.07, 6.45) is 5.10. The monoisotopic (exact) mass is 339 g/mol. The molecule has 0 bridgehead atoms. The van der Waals surface area contributed by atoms with Crippen LogP contribution in [-0.2, 0) is 16.0 Å². The SMILES string of the molecule is CCCCc1ccc(C2=N/C(=C\c3ccc(Cl)cc3)C(=O)O2)cc1. The minimum atomic E-state index is -0.435. The van der Waals surface area contributed by atoms with E-state index in [0.717, 1.165) is 17.5 Å². The first-order valence-corrected chi connectivity index (χ1v) is 8.41. The second-order valence-electron chi connectivity index (χ2n) is 5.69. The van der Waals surface area contributed by atoms with Crippen molar-refractivity contribution in [3.63, 3.8) is 0 Å². The van der Waals surface area contributed by atoms with E-state index in [0.29, 0.717) is 16.6 Å². The topological polar surface area (TPSA) is 38.7 Å². The maximum Gasteiger partial charge on any atom is 0.363 e. The summed E-state index contributed by atoms with van der Waals surface area (Å²) in [4.78, 5) is 16.3. The van der Waals surface area contributed by atoms with E-state index in [2.05, 4.69) is 24.0 Å². The summed E-state index contributed by atoms with van der Waals surface area (Å²) < 4.78 is 5.29. The van der Waals surface area contributed by atoms with Crippen LogP contribution in [-0.4, -0.2) is 11.9 Å². The smallest absolute Gasteiger partial charge is 0.363 e. The number of esters is 1. The number of hydrogen-bond donors (Lipinski definition) is 0. The second kappa shape index (κ2) is 7.45. The van der Waals surface area contributed by atoms with Crippen molar-refractivity contribution < 1.29 is 9.53 Å². The van der Waals surface area contributed by atoms with Crippen LogP contribution in [0.4, 0.5) is 0 Å². The molecule has 0 saturated carbocycles. The molecule has 122 valence electrons. The Bertz CT molecular complexity index is 789. The standard InChI is InChI=1S/C20H18ClNO2/c1-2-3-4-14-5-9-16(10-6-14)19-22-18(20(23)24-19)13-15-7-11-17(21)12-8-15/h5-13H,2-4H2,1H3/b18-13-. The molecule has 0 saturated heterocycles. The number of carbonyl (C=O) groups is 1. The summed E-state index contributed by atoms with van der Waals surface area (Å²) in [5.41, 5.74) is 3.24. The molecule has 3 rings (SSSR count). The van der Waals surface area contributed by atoms with Crippen molar-refractivity contribution in [2.75, 3.05) is 0 Å². The maximum absolute atomic E-state index is 12.0. The lowest BCUT2D eigenvalue weighted by Crippen LogP contribution is -2.05. The van der Waals surface area contributed by atoms with Crippen molar-refractivity contribution in [3.8, 4) is 0 Å². The van der Waals surface area contributed by atoms with Crippen LogP contribution >= 0.6 is 11.6 Å². The van der Waals surface area contributed by atoms with Gasteiger partial charge in [-0.15, -0.1) is 0 Å². The van der Waals surface area contributed by atoms with Crippen molar-refractivity contribution in [1.82, 2.24) is 0 Å². The fourth-order valence-electron chi connectivity index (χ4n) is 2.44. The summed E-state index contributed by atoms with van der Waals surface area (Å²) in [5.74, 6) is -0.0859. The molecule has 1 aliphatic heterocycles. The summed E-state index contributed by atoms with van der Waals surface area (Å²) in [5, 5.41) is 0.651. The predicted molar refractivity (Wildman–Crippen MR) is 97.1 cm³/mol. The van der Waals surface area contributed by atoms with E-state index < -0.39 is 5.97 Å². The van der Waals surface area contributed by atoms with Gasteiger partial charge >= 0.3 is 5.97 Å². The Kier molecular flexibility index (Phi) is 5.11. The summed E-state index contributed by atoms with van der Waals surface area (Å²) in [6.45, 7) is 2.18. The lowest BCUT2D eigenvalue weighted by atomic mass is 10.1. The lowest BCUT2D eigenvalue weighted by Gasteiger charge is -2.02. The molecule has 0 aromatic heterocycles. The van der Waals surface area contributed by atoms with Crippen LogP contribution in [0.15, 0.2) is 59.2 Å². The lowest BCUT2D eigenvalue weighted by molar-refractivity contribution is -0.129. The molecular formula is C20H18ClNO2. The van der Waals surface area contributed by atoms with Crippen molar-refractivity contribution in [1.29, 1.82) is 0 Å². The molecule has 0 unspecified atom stereocenters. The molecule has 0 spiro atoms. The van der Waals surface area contributed by atoms with Gasteiger partial charge in [0.25, 0.3) is 0 Å². The molecular weight excluding hydrogens is 322 g/mol. The predicted octanol–water partition coefficient (Wildman–Crippen LogP) is 5.03. The van der Waals surface area contributed by atoms with E-state index in [1.54, 1.807) is 18.2 Å². The molecule has 24 heavy (non-hydrogen) atoms. The van der Waals surface area contributed by atoms with Gasteiger partial charge in [0.2, 0.25) is 5.90 Å². The summed E-state index contributed by atoms with van der Waals surface area (Å²) >= 11 is 5.86. The van der Waals surface area contributed by atoms with E-state index in [1.807, 2.05) is 24.3 Å². The van der Waals surface area contributed by atoms with Crippen LogP contribution in [0.2, 0.25) is 5.02 Å². The quantitative estimate of drug-likeness (QED) is 0.566. The highest BCUT2D eigenvalue weighted by Gasteiger charge is 2.24. The third-order valence-electron chi connectivity index (χ3n) is 3.81. The van der Waals surface area contributed by atoms with Gasteiger partial charge < -0.3 is 4.74 Å². The second-order valence-corrected chi connectivity index (χ2v) is 6.12. The van der Waals surface area contributed by atoms with Gasteiger partial charge in [0.05, 0.1) is 0 Å². The summed E-state index contributed by atoms with van der Waals surface area (Å²) in [6, 6.07) is 15.2. The first-order valence-electron chi connectivity index (χ1n) is 8.03. The Hall–Kier alpha value is -2.39. The molecule has 1 aliphatic rings. The van der Waals surface area contributed by atoms with E-state index in [9.17, 15) is 4.79 Å². The number of carbonyl (C=O) groups excluding carboxylic acids is 1. The number of benzene rings is 2. The van der Waals surface area contributed by atoms with Crippen molar-refractivity contribution in [2.45, 2.75) is 26.2 Å². The normalized spacial score (nSPS) is 15.5. The largest absolute Gasteiger partial charge is 0.402 e. The third-order valence-corrected chi connectivity index (χ3v) is 4.07. The first-order chi connectivity index (χ1) is 11.7. The number of halogens is 1. The number of aryl methyl sites for hydroxylation is 1. The number of ether oxygens (including phenoxy) is 1. The van der Waals surface area contributed by atoms with E-state index in [-0.39, 0.29) is 0 Å². The maximum atomic E-state index is 12.0. The Balaban J connectivity index is 1.79. The average molecular weight is 340 g/mol. The van der Waals surface area contributed by atoms with Crippen LogP contribution in [0.25, 0.3) is 6.08 Å². The fraction of sp³-hybridized carbons (Fsp3) is 0.200. The van der Waals surface area contributed by atoms with E-state index >= 15 is 0 Å². The number of rotatable bonds is 5. The molecule has 0 radical (unpaired) electrons. The highest BCUT2D eigenvalue weighted by molar-refractivity contribution is 6.30. The number of aliphatic imine (C=N–C) groups is 1. The van der Waals surface area contributed by atoms with Crippen molar-refractivity contribution >= 4 is 29.5 Å². The zero-order chi connectivity index (χ0) is 16.9. The van der Waals surface area contributed by atoms with Gasteiger partial charge in [0.1, 0.15) is 0 Å². The highest BCUT2D eigenvalue weighted by atomic mass is 35.5. The van der Waals surface area contributed by atoms with Crippen LogP contribution < -0.4 is 0 Å². The Morgan fingerprint density at radius 3 is 2.46 bits per heavy atom. The molecule has 4 heteroatoms. The molecule has 0 N–H and O–H groups in total. The van der Waals surface area contributed by atoms with Gasteiger partial charge in [-0.3, -0.25) is 0 Å². The minimum absolute atomic E-state index is 0.294. The van der Waals surface area contributed by atoms with Crippen LogP contribution in [0.3, 0.4) is 0 Å². The van der Waals surface area contributed by atoms with Gasteiger partial charge in [0, 0.05) is 10.6 Å². The van der Waals surface area contributed by atoms with Crippen LogP contribution in [0.1, 0.15) is 36.5 Å². The zero-order valence-corrected chi connectivity index (χ0v) is 14.2. The number of hydrogen-bond acceptors (Lipinski definition) is 3. The van der Waals surface area contributed by atoms with E-state index in [4.69, 9.17) is 16.3 Å². The van der Waals surface area contributed by atoms with Crippen molar-refractivity contribution in [2.24, 2.45) is 4.99 Å². The Labute approximate surface area is 146 Å². The van der Waals surface area contributed by atoms with Gasteiger partial charge in [-0.2, -0.15) is 0 Å². The zero-order valence-electron chi connectivity index (χ0n) is 13.5. The molecule has 0 aliphatic carbocycles. The van der Waals surface area contributed by atoms with Crippen molar-refractivity contribution in [3.05, 3.63) is 75.9 Å². The van der Waals surface area contributed by atoms with E-state index in [1.165, 1.54) is 18.4 Å². The highest BCUT2D eigenvalue weighted by Crippen LogP contribution is 2.20. The molecule has 0 amide bonds. The molecule has 3 nitrogen and oxygen atoms in total. The molecule has 1 heterocycles. The van der Waals surface area contributed by atoms with Gasteiger partial charge in [-0.1, -0.05) is 49.2 Å². The van der Waals surface area contributed by atoms with Gasteiger partial charge in [-0.05, 0) is 54.3 Å². The molecule has 0 fully saturated rings. The third kappa shape index (κ3) is 3.92. The molecule has 0 atom stereocenters. The number of cyclic esters (lactones) is 1. The first kappa shape index (κ1) is 16.5.